The molecule has 4 saturated carbocycles. The summed E-state index contributed by atoms with van der Waals surface area (Å²) in [6, 6.07) is 0. The predicted molar refractivity (Wildman–Crippen MR) is 295 cm³/mol. The lowest BCUT2D eigenvalue weighted by atomic mass is 9.33. The second-order valence-corrected chi connectivity index (χ2v) is 28.9. The molecule has 0 aromatic carbocycles. The van der Waals surface area contributed by atoms with Crippen molar-refractivity contribution >= 4 is 23.9 Å². The number of fused-ring (bicyclic) bond motifs is 7. The summed E-state index contributed by atoms with van der Waals surface area (Å²) in [5, 5.41) is 162. The molecule has 88 heavy (non-hydrogen) atoms. The summed E-state index contributed by atoms with van der Waals surface area (Å²) in [6.45, 7) is 13.4. The number of carbonyl (C=O) groups is 4. The number of aliphatic carboxylic acids is 2. The third-order valence-electron chi connectivity index (χ3n) is 22.8. The third kappa shape index (κ3) is 12.1. The molecule has 30 unspecified atom stereocenters. The van der Waals surface area contributed by atoms with Crippen LogP contribution in [0.2, 0.25) is 0 Å². The molecule has 0 aromatic heterocycles. The van der Waals surface area contributed by atoms with Crippen molar-refractivity contribution in [1.29, 1.82) is 0 Å². The van der Waals surface area contributed by atoms with Gasteiger partial charge in [-0.25, -0.2) is 4.79 Å². The fourth-order valence-corrected chi connectivity index (χ4v) is 17.3. The lowest BCUT2D eigenvalue weighted by molar-refractivity contribution is -0.396. The summed E-state index contributed by atoms with van der Waals surface area (Å²) in [5.74, 6) is -5.34. The molecule has 28 nitrogen and oxygen atoms in total. The van der Waals surface area contributed by atoms with Gasteiger partial charge in [-0.2, -0.15) is 0 Å². The summed E-state index contributed by atoms with van der Waals surface area (Å²) in [5.41, 5.74) is -4.68. The van der Waals surface area contributed by atoms with Crippen LogP contribution >= 0.6 is 0 Å². The number of aliphatic hydroxyl groups is 13. The zero-order chi connectivity index (χ0) is 64.9. The standard InChI is InChI=1S/C60H94O28/c1-25-35(66)38(69)43(74)49(81-25)86-46-40(71)36(67)28(22-61)82-51(46)87-47-42(73)41(72)45(48(76)77)85-52(47)84-32-12-13-56(5)30(57(32,6)24-62)11-14-59(8)31(56)10-9-26-27-19-54(2,3)15-17-60(27,18-16-58(26,59)7)53(78)88-50-44(75)39(70)37(68)29(83-50)23-80-34(65)21-55(4,79)20-33(63)64/h9,25,27-32,35-47,49-52,61-62,66-75,79H,10-24H2,1-8H3,(H,63,64)(H,76,77). The fraction of sp³-hybridized carbons (Fsp3) is 0.900. The van der Waals surface area contributed by atoms with Gasteiger partial charge in [-0.1, -0.05) is 53.2 Å². The quantitative estimate of drug-likeness (QED) is 0.0435. The highest BCUT2D eigenvalue weighted by atomic mass is 16.8. The molecule has 502 valence electrons. The van der Waals surface area contributed by atoms with Gasteiger partial charge < -0.3 is 119 Å². The maximum atomic E-state index is 15.1. The molecule has 0 aromatic rings. The second kappa shape index (κ2) is 25.3. The van der Waals surface area contributed by atoms with E-state index in [4.69, 9.17) is 47.7 Å². The number of rotatable bonds is 17. The van der Waals surface area contributed by atoms with Crippen LogP contribution in [-0.2, 0) is 61.8 Å². The van der Waals surface area contributed by atoms with Crippen molar-refractivity contribution in [2.45, 2.75) is 267 Å². The van der Waals surface area contributed by atoms with E-state index in [1.54, 1.807) is 0 Å². The first-order valence-corrected chi connectivity index (χ1v) is 30.8. The van der Waals surface area contributed by atoms with Crippen molar-refractivity contribution in [3.63, 3.8) is 0 Å². The first-order chi connectivity index (χ1) is 40.9. The molecule has 4 aliphatic heterocycles. The van der Waals surface area contributed by atoms with Crippen LogP contribution in [0.25, 0.3) is 0 Å². The number of carboxylic acids is 2. The van der Waals surface area contributed by atoms with Crippen molar-refractivity contribution in [3.05, 3.63) is 11.6 Å². The molecule has 28 heteroatoms. The van der Waals surface area contributed by atoms with Crippen LogP contribution in [-0.4, -0.2) is 255 Å². The number of hydrogen-bond donors (Lipinski definition) is 15. The predicted octanol–water partition coefficient (Wildman–Crippen LogP) is -1.78. The fourth-order valence-electron chi connectivity index (χ4n) is 17.3. The van der Waals surface area contributed by atoms with Crippen LogP contribution in [0.4, 0.5) is 0 Å². The summed E-state index contributed by atoms with van der Waals surface area (Å²) >= 11 is 0. The van der Waals surface area contributed by atoms with Crippen LogP contribution in [0.3, 0.4) is 0 Å². The zero-order valence-electron chi connectivity index (χ0n) is 51.1. The molecule has 4 saturated heterocycles. The molecule has 30 atom stereocenters. The van der Waals surface area contributed by atoms with Crippen molar-refractivity contribution < 1.29 is 138 Å². The van der Waals surface area contributed by atoms with E-state index in [0.29, 0.717) is 57.8 Å². The van der Waals surface area contributed by atoms with Gasteiger partial charge in [-0.15, -0.1) is 0 Å². The third-order valence-corrected chi connectivity index (χ3v) is 22.8. The van der Waals surface area contributed by atoms with Crippen LogP contribution < -0.4 is 0 Å². The minimum atomic E-state index is -2.15. The molecule has 15 N–H and O–H groups in total. The Morgan fingerprint density at radius 2 is 1.22 bits per heavy atom. The summed E-state index contributed by atoms with van der Waals surface area (Å²) < 4.78 is 53.5. The van der Waals surface area contributed by atoms with Gasteiger partial charge in [0.25, 0.3) is 0 Å². The van der Waals surface area contributed by atoms with Gasteiger partial charge in [0.05, 0.1) is 49.3 Å². The molecule has 9 rings (SSSR count). The van der Waals surface area contributed by atoms with E-state index >= 15 is 4.79 Å². The monoisotopic (exact) mass is 1260 g/mol. The molecular weight excluding hydrogens is 1170 g/mol. The normalized spacial score (nSPS) is 49.9. The molecule has 0 amide bonds. The first kappa shape index (κ1) is 69.2. The van der Waals surface area contributed by atoms with E-state index in [0.717, 1.165) is 12.5 Å². The van der Waals surface area contributed by atoms with E-state index < -0.39 is 218 Å². The number of carboxylic acid groups (broad SMARTS) is 2. The summed E-state index contributed by atoms with van der Waals surface area (Å²) in [4.78, 5) is 51.6. The van der Waals surface area contributed by atoms with Crippen LogP contribution in [0.5, 0.6) is 0 Å². The van der Waals surface area contributed by atoms with Crippen molar-refractivity contribution in [2.75, 3.05) is 19.8 Å². The maximum Gasteiger partial charge on any atom is 0.335 e. The van der Waals surface area contributed by atoms with Crippen LogP contribution in [0, 0.1) is 50.2 Å². The van der Waals surface area contributed by atoms with Crippen LogP contribution in [0.15, 0.2) is 11.6 Å². The lowest BCUT2D eigenvalue weighted by Gasteiger charge is -2.71. The van der Waals surface area contributed by atoms with E-state index in [1.165, 1.54) is 6.92 Å². The minimum Gasteiger partial charge on any atom is -0.481 e. The van der Waals surface area contributed by atoms with E-state index in [2.05, 4.69) is 40.7 Å². The summed E-state index contributed by atoms with van der Waals surface area (Å²) in [7, 11) is 0. The molecule has 8 fully saturated rings. The minimum absolute atomic E-state index is 0.0144. The highest BCUT2D eigenvalue weighted by Gasteiger charge is 2.71. The molecule has 0 bridgehead atoms. The number of hydrogen-bond acceptors (Lipinski definition) is 26. The van der Waals surface area contributed by atoms with E-state index in [9.17, 15) is 85.9 Å². The molecular formula is C60H94O28. The van der Waals surface area contributed by atoms with Gasteiger partial charge in [0.1, 0.15) is 92.1 Å². The molecule has 4 heterocycles. The topological polar surface area (TPSA) is 455 Å². The number of allylic oxidation sites excluding steroid dienone is 2. The highest BCUT2D eigenvalue weighted by molar-refractivity contribution is 5.79. The van der Waals surface area contributed by atoms with Gasteiger partial charge >= 0.3 is 23.9 Å². The van der Waals surface area contributed by atoms with Gasteiger partial charge in [0, 0.05) is 5.41 Å². The largest absolute Gasteiger partial charge is 0.481 e. The lowest BCUT2D eigenvalue weighted by Crippen LogP contribution is -2.68. The van der Waals surface area contributed by atoms with Gasteiger partial charge in [0.15, 0.2) is 25.0 Å². The Kier molecular flexibility index (Phi) is 19.9. The Bertz CT molecular complexity index is 2570. The Labute approximate surface area is 509 Å². The summed E-state index contributed by atoms with van der Waals surface area (Å²) in [6.07, 6.45) is -31.3. The van der Waals surface area contributed by atoms with Gasteiger partial charge in [-0.3, -0.25) is 14.4 Å². The average Bonchev–Trinajstić information content (AvgIpc) is 0.685. The molecule has 9 aliphatic rings. The van der Waals surface area contributed by atoms with Crippen molar-refractivity contribution in [3.8, 4) is 0 Å². The molecule has 5 aliphatic carbocycles. The zero-order valence-corrected chi connectivity index (χ0v) is 51.1. The Morgan fingerprint density at radius 1 is 0.625 bits per heavy atom. The number of aliphatic hydroxyl groups excluding tert-OH is 12. The molecule has 0 spiro atoms. The van der Waals surface area contributed by atoms with Crippen molar-refractivity contribution in [2.24, 2.45) is 50.2 Å². The number of esters is 2. The first-order valence-electron chi connectivity index (χ1n) is 30.8. The smallest absolute Gasteiger partial charge is 0.335 e. The second-order valence-electron chi connectivity index (χ2n) is 28.9. The van der Waals surface area contributed by atoms with E-state index in [1.807, 2.05) is 6.92 Å². The Hall–Kier alpha value is -3.18. The Balaban J connectivity index is 0.953. The maximum absolute atomic E-state index is 15.1. The molecule has 0 radical (unpaired) electrons. The van der Waals surface area contributed by atoms with E-state index in [-0.39, 0.29) is 29.6 Å². The van der Waals surface area contributed by atoms with Crippen molar-refractivity contribution in [1.82, 2.24) is 0 Å². The number of ether oxygens (including phenoxy) is 9. The SMILES string of the molecule is CC1OC(OC2C(OC3C(OC4CCC5(C)C(CCC6(C)C5CC=C5C7CC(C)(C)CCC7(C(=O)OC7OC(COC(=O)CC(C)(O)CC(=O)O)C(O)C(O)C7O)CCC56C)C4(C)CO)OC(C(=O)O)C(O)C3O)OC(CO)C(O)C2O)C(O)C(O)C1O. The van der Waals surface area contributed by atoms with Gasteiger partial charge in [0.2, 0.25) is 6.29 Å². The van der Waals surface area contributed by atoms with Crippen LogP contribution in [0.1, 0.15) is 132 Å². The average molecular weight is 1260 g/mol. The number of carbonyl (C=O) groups excluding carboxylic acids is 2. The van der Waals surface area contributed by atoms with Gasteiger partial charge in [-0.05, 0) is 117 Å². The Morgan fingerprint density at radius 3 is 1.85 bits per heavy atom. The highest BCUT2D eigenvalue weighted by Crippen LogP contribution is 2.76.